The van der Waals surface area contributed by atoms with Crippen LogP contribution >= 0.6 is 0 Å². The summed E-state index contributed by atoms with van der Waals surface area (Å²) in [6, 6.07) is 2.12. The molecule has 1 heterocycles. The van der Waals surface area contributed by atoms with Crippen molar-refractivity contribution in [2.45, 2.75) is 13.8 Å². The Hall–Kier alpha value is -1.35. The highest BCUT2D eigenvalue weighted by atomic mass is 32.2. The molecule has 0 saturated carbocycles. The molecule has 1 aromatic rings. The quantitative estimate of drug-likeness (QED) is 0.825. The molecular weight excluding hydrogens is 224 g/mol. The molecule has 5 nitrogen and oxygen atoms in total. The van der Waals surface area contributed by atoms with Crippen molar-refractivity contribution in [2.24, 2.45) is 7.05 Å². The maximum Gasteiger partial charge on any atom is 0.142 e. The summed E-state index contributed by atoms with van der Waals surface area (Å²) >= 11 is 0. The third kappa shape index (κ3) is 2.83. The molecule has 1 atom stereocenters. The van der Waals surface area contributed by atoms with Gasteiger partial charge in [0.15, 0.2) is 0 Å². The maximum atomic E-state index is 11.2. The molecule has 0 aliphatic carbocycles. The third-order valence-electron chi connectivity index (χ3n) is 2.28. The number of rotatable bonds is 5. The number of hydrogen-bond donors (Lipinski definition) is 1. The van der Waals surface area contributed by atoms with Crippen LogP contribution in [-0.2, 0) is 17.8 Å². The Kier molecular flexibility index (Phi) is 4.50. The molecule has 1 rings (SSSR count). The van der Waals surface area contributed by atoms with E-state index in [1.165, 1.54) is 0 Å². The van der Waals surface area contributed by atoms with Crippen LogP contribution in [0, 0.1) is 18.3 Å². The third-order valence-corrected chi connectivity index (χ3v) is 3.58. The van der Waals surface area contributed by atoms with Gasteiger partial charge >= 0.3 is 0 Å². The van der Waals surface area contributed by atoms with Gasteiger partial charge in [0.2, 0.25) is 0 Å². The number of aromatic nitrogens is 2. The molecule has 1 N–H and O–H groups in total. The van der Waals surface area contributed by atoms with E-state index in [1.807, 2.05) is 6.92 Å². The van der Waals surface area contributed by atoms with E-state index >= 15 is 0 Å². The Balaban J connectivity index is 2.67. The first kappa shape index (κ1) is 12.7. The lowest BCUT2D eigenvalue weighted by molar-refractivity contribution is 0.683. The van der Waals surface area contributed by atoms with E-state index < -0.39 is 10.8 Å². The first-order chi connectivity index (χ1) is 7.60. The minimum atomic E-state index is -0.784. The monoisotopic (exact) mass is 240 g/mol. The predicted octanol–water partition coefficient (Wildman–Crippen LogP) is 0.781. The summed E-state index contributed by atoms with van der Waals surface area (Å²) in [6.45, 7) is 4.28. The SMILES string of the molecule is CCS(=O)CCNc1c(C#N)c(C)nn1C. The molecule has 0 aliphatic rings. The topological polar surface area (TPSA) is 70.7 Å². The Morgan fingerprint density at radius 2 is 2.31 bits per heavy atom. The van der Waals surface area contributed by atoms with Gasteiger partial charge in [-0.25, -0.2) is 0 Å². The summed E-state index contributed by atoms with van der Waals surface area (Å²) in [5, 5.41) is 16.2. The van der Waals surface area contributed by atoms with Gasteiger partial charge in [0, 0.05) is 35.9 Å². The fourth-order valence-corrected chi connectivity index (χ4v) is 2.04. The molecule has 6 heteroatoms. The molecular formula is C10H16N4OS. The van der Waals surface area contributed by atoms with Gasteiger partial charge in [0.1, 0.15) is 17.5 Å². The highest BCUT2D eigenvalue weighted by Gasteiger charge is 2.11. The minimum Gasteiger partial charge on any atom is -0.368 e. The molecule has 0 fully saturated rings. The van der Waals surface area contributed by atoms with E-state index in [2.05, 4.69) is 16.5 Å². The van der Waals surface area contributed by atoms with E-state index in [0.717, 1.165) is 0 Å². The molecule has 0 aliphatic heterocycles. The zero-order valence-corrected chi connectivity index (χ0v) is 10.6. The van der Waals surface area contributed by atoms with Crippen molar-refractivity contribution in [2.75, 3.05) is 23.4 Å². The summed E-state index contributed by atoms with van der Waals surface area (Å²) in [5.74, 6) is 1.95. The summed E-state index contributed by atoms with van der Waals surface area (Å²) in [7, 11) is 1.00. The molecule has 1 aromatic heterocycles. The molecule has 0 radical (unpaired) electrons. The van der Waals surface area contributed by atoms with Crippen molar-refractivity contribution in [1.82, 2.24) is 9.78 Å². The van der Waals surface area contributed by atoms with Crippen LogP contribution in [0.2, 0.25) is 0 Å². The Labute approximate surface area is 97.9 Å². The number of nitrogens with zero attached hydrogens (tertiary/aromatic N) is 3. The molecule has 0 amide bonds. The van der Waals surface area contributed by atoms with Gasteiger partial charge in [-0.1, -0.05) is 6.92 Å². The van der Waals surface area contributed by atoms with Crippen molar-refractivity contribution in [3.8, 4) is 6.07 Å². The smallest absolute Gasteiger partial charge is 0.142 e. The van der Waals surface area contributed by atoms with Crippen molar-refractivity contribution in [3.63, 3.8) is 0 Å². The van der Waals surface area contributed by atoms with Crippen LogP contribution in [0.1, 0.15) is 18.2 Å². The molecule has 16 heavy (non-hydrogen) atoms. The Morgan fingerprint density at radius 1 is 1.62 bits per heavy atom. The van der Waals surface area contributed by atoms with Gasteiger partial charge in [-0.05, 0) is 6.92 Å². The second-order valence-electron chi connectivity index (χ2n) is 3.40. The lowest BCUT2D eigenvalue weighted by Crippen LogP contribution is -2.14. The Bertz CT molecular complexity index is 433. The zero-order chi connectivity index (χ0) is 12.1. The lowest BCUT2D eigenvalue weighted by Gasteiger charge is -2.06. The summed E-state index contributed by atoms with van der Waals surface area (Å²) in [4.78, 5) is 0. The van der Waals surface area contributed by atoms with Gasteiger partial charge in [-0.2, -0.15) is 10.4 Å². The van der Waals surface area contributed by atoms with Crippen molar-refractivity contribution < 1.29 is 4.21 Å². The van der Waals surface area contributed by atoms with Gasteiger partial charge in [0.25, 0.3) is 0 Å². The standard InChI is InChI=1S/C10H16N4OS/c1-4-16(15)6-5-12-10-9(7-11)8(2)13-14(10)3/h12H,4-6H2,1-3H3. The predicted molar refractivity (Wildman–Crippen MR) is 64.7 cm³/mol. The van der Waals surface area contributed by atoms with Crippen LogP contribution in [0.3, 0.4) is 0 Å². The number of anilines is 1. The average Bonchev–Trinajstić information content (AvgIpc) is 2.53. The van der Waals surface area contributed by atoms with E-state index in [9.17, 15) is 4.21 Å². The van der Waals surface area contributed by atoms with Gasteiger partial charge in [-0.15, -0.1) is 0 Å². The normalized spacial score (nSPS) is 12.1. The number of nitriles is 1. The highest BCUT2D eigenvalue weighted by molar-refractivity contribution is 7.84. The lowest BCUT2D eigenvalue weighted by atomic mass is 10.2. The first-order valence-electron chi connectivity index (χ1n) is 5.12. The molecule has 0 aromatic carbocycles. The summed E-state index contributed by atoms with van der Waals surface area (Å²) in [5.41, 5.74) is 1.27. The summed E-state index contributed by atoms with van der Waals surface area (Å²) in [6.07, 6.45) is 0. The zero-order valence-electron chi connectivity index (χ0n) is 9.78. The maximum absolute atomic E-state index is 11.2. The van der Waals surface area contributed by atoms with Crippen molar-refractivity contribution >= 4 is 16.6 Å². The van der Waals surface area contributed by atoms with Crippen molar-refractivity contribution in [3.05, 3.63) is 11.3 Å². The molecule has 0 saturated heterocycles. The van der Waals surface area contributed by atoms with Crippen molar-refractivity contribution in [1.29, 1.82) is 5.26 Å². The van der Waals surface area contributed by atoms with Crippen LogP contribution in [0.15, 0.2) is 0 Å². The average molecular weight is 240 g/mol. The molecule has 0 spiro atoms. The van der Waals surface area contributed by atoms with Gasteiger partial charge in [-0.3, -0.25) is 8.89 Å². The molecule has 0 bridgehead atoms. The van der Waals surface area contributed by atoms with Gasteiger partial charge in [0.05, 0.1) is 5.69 Å². The number of hydrogen-bond acceptors (Lipinski definition) is 4. The second kappa shape index (κ2) is 5.66. The largest absolute Gasteiger partial charge is 0.368 e. The molecule has 88 valence electrons. The van der Waals surface area contributed by atoms with E-state index in [1.54, 1.807) is 18.7 Å². The fraction of sp³-hybridized carbons (Fsp3) is 0.600. The van der Waals surface area contributed by atoms with Crippen LogP contribution in [0.4, 0.5) is 5.82 Å². The van der Waals surface area contributed by atoms with Crippen LogP contribution in [0.25, 0.3) is 0 Å². The number of nitrogens with one attached hydrogen (secondary N) is 1. The molecule has 1 unspecified atom stereocenters. The Morgan fingerprint density at radius 3 is 2.88 bits per heavy atom. The van der Waals surface area contributed by atoms with Crippen LogP contribution < -0.4 is 5.32 Å². The second-order valence-corrected chi connectivity index (χ2v) is 5.27. The minimum absolute atomic E-state index is 0.560. The van der Waals surface area contributed by atoms with Crippen LogP contribution in [-0.4, -0.2) is 32.0 Å². The van der Waals surface area contributed by atoms with E-state index in [0.29, 0.717) is 35.1 Å². The fourth-order valence-electron chi connectivity index (χ4n) is 1.42. The van der Waals surface area contributed by atoms with Gasteiger partial charge < -0.3 is 5.32 Å². The number of aryl methyl sites for hydroxylation is 2. The summed E-state index contributed by atoms with van der Waals surface area (Å²) < 4.78 is 12.9. The van der Waals surface area contributed by atoms with E-state index in [-0.39, 0.29) is 0 Å². The van der Waals surface area contributed by atoms with E-state index in [4.69, 9.17) is 5.26 Å². The first-order valence-corrected chi connectivity index (χ1v) is 6.61. The highest BCUT2D eigenvalue weighted by Crippen LogP contribution is 2.16. The van der Waals surface area contributed by atoms with Crippen LogP contribution in [0.5, 0.6) is 0 Å².